The summed E-state index contributed by atoms with van der Waals surface area (Å²) in [6, 6.07) is 0. The van der Waals surface area contributed by atoms with Gasteiger partial charge in [-0.3, -0.25) is 0 Å². The Morgan fingerprint density at radius 3 is 2.44 bits per heavy atom. The zero-order valence-electron chi connectivity index (χ0n) is 4.85. The summed E-state index contributed by atoms with van der Waals surface area (Å²) in [6.45, 7) is 0.570. The predicted octanol–water partition coefficient (Wildman–Crippen LogP) is 1.21. The molecule has 54 valence electrons. The van der Waals surface area contributed by atoms with Gasteiger partial charge in [0, 0.05) is 0 Å². The lowest BCUT2D eigenvalue weighted by Gasteiger charge is -2.04. The molecular weight excluding hydrogens is 163 g/mol. The van der Waals surface area contributed by atoms with Crippen LogP contribution in [0, 0.1) is 0 Å². The van der Waals surface area contributed by atoms with E-state index in [1.54, 1.807) is 0 Å². The van der Waals surface area contributed by atoms with Crippen LogP contribution in [-0.4, -0.2) is 30.8 Å². The molecular formula is C5H8Cl2O2. The van der Waals surface area contributed by atoms with Crippen molar-refractivity contribution in [2.75, 3.05) is 18.4 Å². The second-order valence-electron chi connectivity index (χ2n) is 1.83. The second-order valence-corrected chi connectivity index (χ2v) is 2.45. The smallest absolute Gasteiger partial charge is 0.171 e. The van der Waals surface area contributed by atoms with Crippen LogP contribution >= 0.6 is 23.2 Å². The van der Waals surface area contributed by atoms with E-state index in [0.29, 0.717) is 18.4 Å². The molecule has 1 aliphatic rings. The molecule has 0 saturated carbocycles. The molecule has 0 aromatic carbocycles. The highest BCUT2D eigenvalue weighted by Gasteiger charge is 2.23. The molecule has 0 aromatic heterocycles. The first-order valence-electron chi connectivity index (χ1n) is 2.76. The van der Waals surface area contributed by atoms with Gasteiger partial charge in [0.05, 0.1) is 24.5 Å². The largest absolute Gasteiger partial charge is 0.349 e. The molecule has 0 unspecified atom stereocenters. The fourth-order valence-corrected chi connectivity index (χ4v) is 0.993. The third-order valence-corrected chi connectivity index (χ3v) is 1.71. The number of halogens is 2. The summed E-state index contributed by atoms with van der Waals surface area (Å²) in [5.74, 6) is 0.862. The van der Waals surface area contributed by atoms with Crippen LogP contribution in [0.1, 0.15) is 0 Å². The van der Waals surface area contributed by atoms with E-state index in [1.807, 2.05) is 0 Å². The zero-order valence-corrected chi connectivity index (χ0v) is 6.36. The molecule has 1 saturated heterocycles. The second kappa shape index (κ2) is 3.62. The minimum Gasteiger partial charge on any atom is -0.349 e. The van der Waals surface area contributed by atoms with E-state index in [4.69, 9.17) is 32.7 Å². The van der Waals surface area contributed by atoms with Gasteiger partial charge < -0.3 is 9.47 Å². The van der Waals surface area contributed by atoms with E-state index in [-0.39, 0.29) is 12.4 Å². The molecule has 0 bridgehead atoms. The van der Waals surface area contributed by atoms with Crippen LogP contribution in [0.25, 0.3) is 0 Å². The van der Waals surface area contributed by atoms with Crippen molar-refractivity contribution in [2.45, 2.75) is 12.4 Å². The first-order valence-corrected chi connectivity index (χ1v) is 3.82. The third-order valence-electron chi connectivity index (χ3n) is 1.11. The van der Waals surface area contributed by atoms with Gasteiger partial charge in [0.2, 0.25) is 0 Å². The van der Waals surface area contributed by atoms with Crippen molar-refractivity contribution >= 4 is 23.2 Å². The summed E-state index contributed by atoms with van der Waals surface area (Å²) in [5.41, 5.74) is 0. The quantitative estimate of drug-likeness (QED) is 0.581. The lowest BCUT2D eigenvalue weighted by atomic mass is 10.4. The van der Waals surface area contributed by atoms with Crippen LogP contribution in [0.5, 0.6) is 0 Å². The number of rotatable bonds is 2. The third kappa shape index (κ3) is 1.97. The van der Waals surface area contributed by atoms with Crippen molar-refractivity contribution < 1.29 is 9.47 Å². The molecule has 0 radical (unpaired) electrons. The molecule has 4 heteroatoms. The van der Waals surface area contributed by atoms with Gasteiger partial charge in [0.25, 0.3) is 0 Å². The van der Waals surface area contributed by atoms with Crippen molar-refractivity contribution in [3.63, 3.8) is 0 Å². The van der Waals surface area contributed by atoms with Gasteiger partial charge in [0.15, 0.2) is 6.29 Å². The van der Waals surface area contributed by atoms with Gasteiger partial charge in [-0.2, -0.15) is 0 Å². The molecule has 1 fully saturated rings. The Morgan fingerprint density at radius 1 is 1.33 bits per heavy atom. The molecule has 2 nitrogen and oxygen atoms in total. The highest BCUT2D eigenvalue weighted by molar-refractivity contribution is 6.18. The van der Waals surface area contributed by atoms with Crippen LogP contribution in [0.4, 0.5) is 0 Å². The van der Waals surface area contributed by atoms with Gasteiger partial charge in [0.1, 0.15) is 0 Å². The highest BCUT2D eigenvalue weighted by atomic mass is 35.5. The van der Waals surface area contributed by atoms with Gasteiger partial charge in [-0.25, -0.2) is 0 Å². The highest BCUT2D eigenvalue weighted by Crippen LogP contribution is 2.13. The number of hydrogen-bond acceptors (Lipinski definition) is 2. The van der Waals surface area contributed by atoms with Crippen LogP contribution < -0.4 is 0 Å². The van der Waals surface area contributed by atoms with Crippen molar-refractivity contribution in [3.8, 4) is 0 Å². The van der Waals surface area contributed by atoms with Crippen LogP contribution in [0.3, 0.4) is 0 Å². The summed E-state index contributed by atoms with van der Waals surface area (Å²) in [6.07, 6.45) is -0.203. The average molecular weight is 171 g/mol. The minimum atomic E-state index is -0.240. The van der Waals surface area contributed by atoms with Crippen molar-refractivity contribution in [1.82, 2.24) is 0 Å². The van der Waals surface area contributed by atoms with Crippen LogP contribution in [0.2, 0.25) is 0 Å². The van der Waals surface area contributed by atoms with Crippen molar-refractivity contribution in [3.05, 3.63) is 0 Å². The molecule has 0 aromatic rings. The number of alkyl halides is 2. The van der Waals surface area contributed by atoms with Crippen LogP contribution in [0.15, 0.2) is 0 Å². The molecule has 1 aliphatic heterocycles. The van der Waals surface area contributed by atoms with Gasteiger partial charge in [-0.05, 0) is 0 Å². The number of hydrogen-bond donors (Lipinski definition) is 0. The van der Waals surface area contributed by atoms with Gasteiger partial charge in [-0.1, -0.05) is 0 Å². The molecule has 1 heterocycles. The molecule has 2 atom stereocenters. The van der Waals surface area contributed by atoms with E-state index >= 15 is 0 Å². The Kier molecular flexibility index (Phi) is 3.06. The zero-order chi connectivity index (χ0) is 6.69. The monoisotopic (exact) mass is 170 g/mol. The predicted molar refractivity (Wildman–Crippen MR) is 36.1 cm³/mol. The molecule has 0 spiro atoms. The Labute approximate surface area is 64.0 Å². The molecule has 0 amide bonds. The van der Waals surface area contributed by atoms with E-state index < -0.39 is 0 Å². The van der Waals surface area contributed by atoms with E-state index in [2.05, 4.69) is 0 Å². The Morgan fingerprint density at radius 2 is 2.11 bits per heavy atom. The van der Waals surface area contributed by atoms with Gasteiger partial charge >= 0.3 is 0 Å². The maximum absolute atomic E-state index is 5.48. The minimum absolute atomic E-state index is 0.0374. The first-order chi connectivity index (χ1) is 4.36. The number of ether oxygens (including phenoxy) is 2. The standard InChI is InChI=1S/C5H8Cl2O2/c6-1-4-3-8-5(2-7)9-4/h4-5H,1-3H2/t4-,5-/m0/s1. The molecule has 1 rings (SSSR count). The first kappa shape index (κ1) is 7.61. The maximum atomic E-state index is 5.48. The summed E-state index contributed by atoms with van der Waals surface area (Å²) >= 11 is 10.9. The normalized spacial score (nSPS) is 35.3. The Hall–Kier alpha value is 0.500. The summed E-state index contributed by atoms with van der Waals surface area (Å²) in [4.78, 5) is 0. The Balaban J connectivity index is 2.20. The van der Waals surface area contributed by atoms with E-state index in [0.717, 1.165) is 0 Å². The fourth-order valence-electron chi connectivity index (χ4n) is 0.670. The molecule has 9 heavy (non-hydrogen) atoms. The Bertz CT molecular complexity index is 79.0. The lowest BCUT2D eigenvalue weighted by Crippen LogP contribution is -2.14. The van der Waals surface area contributed by atoms with Crippen molar-refractivity contribution in [2.24, 2.45) is 0 Å². The summed E-state index contributed by atoms with van der Waals surface area (Å²) < 4.78 is 10.2. The van der Waals surface area contributed by atoms with E-state index in [1.165, 1.54) is 0 Å². The molecule has 0 aliphatic carbocycles. The van der Waals surface area contributed by atoms with E-state index in [9.17, 15) is 0 Å². The van der Waals surface area contributed by atoms with Crippen molar-refractivity contribution in [1.29, 1.82) is 0 Å². The maximum Gasteiger partial charge on any atom is 0.171 e. The topological polar surface area (TPSA) is 18.5 Å². The SMILES string of the molecule is ClC[C@H]1CO[C@H](CCl)O1. The van der Waals surface area contributed by atoms with Crippen LogP contribution in [-0.2, 0) is 9.47 Å². The molecule has 0 N–H and O–H groups in total. The summed E-state index contributed by atoms with van der Waals surface area (Å²) in [7, 11) is 0. The fraction of sp³-hybridized carbons (Fsp3) is 1.00. The summed E-state index contributed by atoms with van der Waals surface area (Å²) in [5, 5.41) is 0. The average Bonchev–Trinajstić information content (AvgIpc) is 2.34. The van der Waals surface area contributed by atoms with Gasteiger partial charge in [-0.15, -0.1) is 23.2 Å². The lowest BCUT2D eigenvalue weighted by molar-refractivity contribution is -0.0356.